The molecule has 1 atom stereocenters. The molecular formula is C10H9BrN2OS2. The van der Waals surface area contributed by atoms with E-state index in [4.69, 9.17) is 5.73 Å². The first-order valence-electron chi connectivity index (χ1n) is 4.48. The van der Waals surface area contributed by atoms with Crippen molar-refractivity contribution in [3.63, 3.8) is 0 Å². The number of pyridine rings is 1. The van der Waals surface area contributed by atoms with Gasteiger partial charge in [0, 0.05) is 15.5 Å². The van der Waals surface area contributed by atoms with E-state index in [9.17, 15) is 4.21 Å². The first-order valence-corrected chi connectivity index (χ1v) is 7.47. The second-order valence-corrected chi connectivity index (χ2v) is 6.37. The van der Waals surface area contributed by atoms with Gasteiger partial charge in [0.15, 0.2) is 0 Å². The molecule has 0 saturated heterocycles. The molecule has 2 aromatic rings. The zero-order chi connectivity index (χ0) is 11.5. The van der Waals surface area contributed by atoms with E-state index in [1.54, 1.807) is 23.6 Å². The first-order chi connectivity index (χ1) is 7.68. The van der Waals surface area contributed by atoms with Crippen molar-refractivity contribution in [2.75, 3.05) is 5.73 Å². The van der Waals surface area contributed by atoms with Crippen molar-refractivity contribution in [1.29, 1.82) is 0 Å². The van der Waals surface area contributed by atoms with E-state index >= 15 is 0 Å². The summed E-state index contributed by atoms with van der Waals surface area (Å²) in [7, 11) is -1.12. The van der Waals surface area contributed by atoms with E-state index in [2.05, 4.69) is 20.9 Å². The average molecular weight is 317 g/mol. The molecule has 0 saturated carbocycles. The van der Waals surface area contributed by atoms with Gasteiger partial charge in [-0.25, -0.2) is 0 Å². The minimum atomic E-state index is -1.12. The molecule has 0 amide bonds. The Balaban J connectivity index is 2.22. The van der Waals surface area contributed by atoms with Gasteiger partial charge in [-0.15, -0.1) is 11.3 Å². The van der Waals surface area contributed by atoms with Crippen LogP contribution in [-0.4, -0.2) is 9.19 Å². The minimum absolute atomic E-state index is 0.479. The Morgan fingerprint density at radius 1 is 1.50 bits per heavy atom. The third-order valence-corrected chi connectivity index (χ3v) is 5.53. The fourth-order valence-electron chi connectivity index (χ4n) is 1.23. The van der Waals surface area contributed by atoms with Crippen molar-refractivity contribution in [3.05, 3.63) is 39.3 Å². The van der Waals surface area contributed by atoms with Gasteiger partial charge in [-0.3, -0.25) is 9.19 Å². The fraction of sp³-hybridized carbons (Fsp3) is 0.100. The molecule has 0 fully saturated rings. The van der Waals surface area contributed by atoms with Gasteiger partial charge < -0.3 is 5.73 Å². The summed E-state index contributed by atoms with van der Waals surface area (Å²) in [4.78, 5) is 5.59. The van der Waals surface area contributed by atoms with Crippen LogP contribution in [0, 0.1) is 0 Å². The third-order valence-electron chi connectivity index (χ3n) is 2.01. The monoisotopic (exact) mass is 316 g/mol. The smallest absolute Gasteiger partial charge is 0.0664 e. The van der Waals surface area contributed by atoms with E-state index in [-0.39, 0.29) is 0 Å². The maximum atomic E-state index is 12.1. The normalized spacial score (nSPS) is 12.6. The molecule has 2 rings (SSSR count). The zero-order valence-corrected chi connectivity index (χ0v) is 11.4. The Labute approximate surface area is 108 Å². The summed E-state index contributed by atoms with van der Waals surface area (Å²) in [6.45, 7) is 0. The van der Waals surface area contributed by atoms with E-state index < -0.39 is 10.8 Å². The zero-order valence-electron chi connectivity index (χ0n) is 8.22. The highest BCUT2D eigenvalue weighted by molar-refractivity contribution is 9.10. The van der Waals surface area contributed by atoms with Crippen LogP contribution in [0.2, 0.25) is 0 Å². The van der Waals surface area contributed by atoms with Crippen LogP contribution in [-0.2, 0) is 16.6 Å². The molecule has 2 heterocycles. The molecule has 0 aromatic carbocycles. The van der Waals surface area contributed by atoms with Crippen LogP contribution in [0.5, 0.6) is 0 Å². The van der Waals surface area contributed by atoms with Gasteiger partial charge in [-0.2, -0.15) is 0 Å². The Kier molecular flexibility index (Phi) is 3.73. The summed E-state index contributed by atoms with van der Waals surface area (Å²) in [6.07, 6.45) is 3.13. The number of hydrogen-bond acceptors (Lipinski definition) is 4. The maximum Gasteiger partial charge on any atom is 0.0664 e. The molecule has 0 aliphatic carbocycles. The van der Waals surface area contributed by atoms with Gasteiger partial charge in [0.1, 0.15) is 0 Å². The lowest BCUT2D eigenvalue weighted by molar-refractivity contribution is 0.683. The van der Waals surface area contributed by atoms with E-state index in [0.717, 1.165) is 9.35 Å². The number of nitrogen functional groups attached to an aromatic ring is 1. The predicted molar refractivity (Wildman–Crippen MR) is 70.8 cm³/mol. The molecule has 2 aromatic heterocycles. The van der Waals surface area contributed by atoms with Crippen molar-refractivity contribution < 1.29 is 4.21 Å². The number of halogens is 1. The summed E-state index contributed by atoms with van der Waals surface area (Å²) >= 11 is 5.00. The highest BCUT2D eigenvalue weighted by Crippen LogP contribution is 2.26. The Morgan fingerprint density at radius 2 is 2.31 bits per heavy atom. The van der Waals surface area contributed by atoms with Crippen LogP contribution >= 0.6 is 27.3 Å². The third kappa shape index (κ3) is 2.50. The maximum absolute atomic E-state index is 12.1. The number of nitrogens with two attached hydrogens (primary N) is 1. The number of aromatic nitrogens is 1. The second-order valence-electron chi connectivity index (χ2n) is 3.10. The van der Waals surface area contributed by atoms with Gasteiger partial charge in [0.2, 0.25) is 0 Å². The molecular weight excluding hydrogens is 308 g/mol. The quantitative estimate of drug-likeness (QED) is 0.947. The van der Waals surface area contributed by atoms with Crippen molar-refractivity contribution in [2.24, 2.45) is 0 Å². The van der Waals surface area contributed by atoms with Crippen molar-refractivity contribution in [3.8, 4) is 0 Å². The summed E-state index contributed by atoms with van der Waals surface area (Å²) in [5.74, 6) is 0.479. The van der Waals surface area contributed by atoms with E-state index in [0.29, 0.717) is 16.3 Å². The number of hydrogen-bond donors (Lipinski definition) is 1. The van der Waals surface area contributed by atoms with Crippen molar-refractivity contribution in [2.45, 2.75) is 10.6 Å². The number of rotatable bonds is 3. The Morgan fingerprint density at radius 3 is 2.94 bits per heavy atom. The topological polar surface area (TPSA) is 56.0 Å². The molecule has 1 unspecified atom stereocenters. The summed E-state index contributed by atoms with van der Waals surface area (Å²) in [6, 6.07) is 3.65. The SMILES string of the molecule is Nc1cnccc1S(=O)Cc1sccc1Br. The molecule has 0 aliphatic heterocycles. The minimum Gasteiger partial charge on any atom is -0.396 e. The van der Waals surface area contributed by atoms with Gasteiger partial charge in [0.25, 0.3) is 0 Å². The largest absolute Gasteiger partial charge is 0.396 e. The van der Waals surface area contributed by atoms with Crippen LogP contribution in [0.3, 0.4) is 0 Å². The number of nitrogens with zero attached hydrogens (tertiary/aromatic N) is 1. The molecule has 2 N–H and O–H groups in total. The molecule has 0 bridgehead atoms. The fourth-order valence-corrected chi connectivity index (χ4v) is 4.36. The Bertz CT molecular complexity index is 527. The predicted octanol–water partition coefficient (Wildman–Crippen LogP) is 2.80. The standard InChI is InChI=1S/C10H9BrN2OS2/c11-7-2-4-15-9(7)6-16(14)10-1-3-13-5-8(10)12/h1-5H,6,12H2. The van der Waals surface area contributed by atoms with Crippen molar-refractivity contribution in [1.82, 2.24) is 4.98 Å². The lowest BCUT2D eigenvalue weighted by Crippen LogP contribution is -2.00. The lowest BCUT2D eigenvalue weighted by Gasteiger charge is -2.03. The van der Waals surface area contributed by atoms with Gasteiger partial charge in [-0.1, -0.05) is 0 Å². The van der Waals surface area contributed by atoms with Crippen LogP contribution in [0.25, 0.3) is 0 Å². The molecule has 16 heavy (non-hydrogen) atoms. The molecule has 0 aliphatic rings. The Hall–Kier alpha value is -0.720. The van der Waals surface area contributed by atoms with Crippen molar-refractivity contribution >= 4 is 43.8 Å². The molecule has 6 heteroatoms. The molecule has 0 spiro atoms. The summed E-state index contributed by atoms with van der Waals surface area (Å²) in [5.41, 5.74) is 6.20. The van der Waals surface area contributed by atoms with Gasteiger partial charge in [0.05, 0.1) is 33.3 Å². The van der Waals surface area contributed by atoms with Crippen LogP contribution in [0.15, 0.2) is 39.3 Å². The molecule has 84 valence electrons. The van der Waals surface area contributed by atoms with Crippen LogP contribution in [0.4, 0.5) is 5.69 Å². The van der Waals surface area contributed by atoms with Gasteiger partial charge in [-0.05, 0) is 33.4 Å². The van der Waals surface area contributed by atoms with Crippen LogP contribution < -0.4 is 5.73 Å². The highest BCUT2D eigenvalue weighted by atomic mass is 79.9. The number of anilines is 1. The molecule has 3 nitrogen and oxygen atoms in total. The second kappa shape index (κ2) is 5.07. The van der Waals surface area contributed by atoms with E-state index in [1.807, 2.05) is 11.4 Å². The van der Waals surface area contributed by atoms with Gasteiger partial charge >= 0.3 is 0 Å². The lowest BCUT2D eigenvalue weighted by atomic mass is 10.4. The number of thiophene rings is 1. The average Bonchev–Trinajstić information content (AvgIpc) is 2.65. The first kappa shape index (κ1) is 11.8. The molecule has 0 radical (unpaired) electrons. The summed E-state index contributed by atoms with van der Waals surface area (Å²) < 4.78 is 13.1. The van der Waals surface area contributed by atoms with Crippen LogP contribution in [0.1, 0.15) is 4.88 Å². The van der Waals surface area contributed by atoms with E-state index in [1.165, 1.54) is 6.20 Å². The summed E-state index contributed by atoms with van der Waals surface area (Å²) in [5, 5.41) is 1.96. The highest BCUT2D eigenvalue weighted by Gasteiger charge is 2.11.